The number of pyridine rings is 1. The largest absolute Gasteiger partial charge is 0.381 e. The molecule has 0 amide bonds. The van der Waals surface area contributed by atoms with Gasteiger partial charge in [0.25, 0.3) is 0 Å². The van der Waals surface area contributed by atoms with Crippen LogP contribution in [0.25, 0.3) is 0 Å². The smallest absolute Gasteiger partial charge is 0.165 e. The lowest BCUT2D eigenvalue weighted by Crippen LogP contribution is -2.05. The molecular formula is C9H11N5. The Bertz CT molecular complexity index is 434. The van der Waals surface area contributed by atoms with E-state index >= 15 is 0 Å². The van der Waals surface area contributed by atoms with Gasteiger partial charge in [-0.3, -0.25) is 4.98 Å². The zero-order valence-corrected chi connectivity index (χ0v) is 7.88. The highest BCUT2D eigenvalue weighted by atomic mass is 15.5. The van der Waals surface area contributed by atoms with Gasteiger partial charge in [0.2, 0.25) is 0 Å². The number of hydrogen-bond donors (Lipinski definition) is 1. The average Bonchev–Trinajstić information content (AvgIpc) is 2.56. The third kappa shape index (κ3) is 1.71. The van der Waals surface area contributed by atoms with Crippen LogP contribution in [0, 0.1) is 6.92 Å². The molecule has 2 aromatic rings. The highest BCUT2D eigenvalue weighted by Crippen LogP contribution is 2.06. The molecule has 2 aromatic heterocycles. The summed E-state index contributed by atoms with van der Waals surface area (Å²) in [6.07, 6.45) is 5.12. The normalized spacial score (nSPS) is 10.4. The van der Waals surface area contributed by atoms with Crippen molar-refractivity contribution < 1.29 is 0 Å². The van der Waals surface area contributed by atoms with Crippen molar-refractivity contribution in [3.05, 3.63) is 35.8 Å². The lowest BCUT2D eigenvalue weighted by molar-refractivity contribution is 0.591. The van der Waals surface area contributed by atoms with E-state index in [0.717, 1.165) is 11.1 Å². The summed E-state index contributed by atoms with van der Waals surface area (Å²) >= 11 is 0. The van der Waals surface area contributed by atoms with Gasteiger partial charge in [0.1, 0.15) is 0 Å². The highest BCUT2D eigenvalue weighted by Gasteiger charge is 2.00. The maximum Gasteiger partial charge on any atom is 0.165 e. The molecular weight excluding hydrogens is 178 g/mol. The highest BCUT2D eigenvalue weighted by molar-refractivity contribution is 5.23. The number of aromatic nitrogens is 4. The summed E-state index contributed by atoms with van der Waals surface area (Å²) in [6, 6.07) is 1.95. The van der Waals surface area contributed by atoms with Crippen LogP contribution in [0.4, 0.5) is 5.82 Å². The summed E-state index contributed by atoms with van der Waals surface area (Å²) < 4.78 is 0. The van der Waals surface area contributed by atoms with Crippen LogP contribution in [-0.4, -0.2) is 20.0 Å². The molecule has 0 aliphatic carbocycles. The molecule has 0 saturated carbocycles. The van der Waals surface area contributed by atoms with E-state index in [9.17, 15) is 0 Å². The van der Waals surface area contributed by atoms with Gasteiger partial charge in [-0.15, -0.1) is 5.10 Å². The number of hydrogen-bond acceptors (Lipinski definition) is 4. The minimum atomic E-state index is 0.441. The molecule has 0 fully saturated rings. The number of nitrogens with zero attached hydrogens (tertiary/aromatic N) is 4. The van der Waals surface area contributed by atoms with Crippen LogP contribution in [0.15, 0.2) is 24.7 Å². The molecule has 14 heavy (non-hydrogen) atoms. The van der Waals surface area contributed by atoms with Crippen LogP contribution in [0.2, 0.25) is 0 Å². The molecule has 0 aliphatic heterocycles. The van der Waals surface area contributed by atoms with Crippen LogP contribution in [-0.2, 0) is 6.54 Å². The molecule has 0 unspecified atom stereocenters. The third-order valence-electron chi connectivity index (χ3n) is 2.00. The fourth-order valence-corrected chi connectivity index (χ4v) is 1.22. The molecule has 0 spiro atoms. The Kier molecular flexibility index (Phi) is 2.14. The summed E-state index contributed by atoms with van der Waals surface area (Å²) in [5.41, 5.74) is 7.74. The van der Waals surface area contributed by atoms with E-state index in [4.69, 9.17) is 5.73 Å². The Morgan fingerprint density at radius 3 is 2.93 bits per heavy atom. The number of rotatable bonds is 2. The Balaban J connectivity index is 2.23. The Morgan fingerprint density at radius 1 is 1.43 bits per heavy atom. The fourth-order valence-electron chi connectivity index (χ4n) is 1.22. The van der Waals surface area contributed by atoms with Gasteiger partial charge < -0.3 is 5.73 Å². The first-order chi connectivity index (χ1) is 6.75. The van der Waals surface area contributed by atoms with Gasteiger partial charge in [-0.25, -0.2) is 0 Å². The van der Waals surface area contributed by atoms with Gasteiger partial charge in [0.15, 0.2) is 5.82 Å². The molecule has 0 atom stereocenters. The maximum absolute atomic E-state index is 5.46. The number of aryl methyl sites for hydroxylation is 1. The lowest BCUT2D eigenvalue weighted by Gasteiger charge is -2.02. The Morgan fingerprint density at radius 2 is 2.29 bits per heavy atom. The van der Waals surface area contributed by atoms with Gasteiger partial charge >= 0.3 is 0 Å². The van der Waals surface area contributed by atoms with Crippen molar-refractivity contribution in [2.45, 2.75) is 13.5 Å². The standard InChI is InChI=1S/C9H11N5/c1-7-4-11-3-2-8(7)6-14-12-5-9(10)13-14/h2-5H,6H2,1H3,(H2,10,13). The van der Waals surface area contributed by atoms with Gasteiger partial charge in [-0.1, -0.05) is 0 Å². The zero-order valence-electron chi connectivity index (χ0n) is 7.88. The molecule has 0 aromatic carbocycles. The quantitative estimate of drug-likeness (QED) is 0.751. The molecule has 0 bridgehead atoms. The minimum absolute atomic E-state index is 0.441. The molecule has 2 rings (SSSR count). The Hall–Kier alpha value is -1.91. The summed E-state index contributed by atoms with van der Waals surface area (Å²) in [4.78, 5) is 5.58. The van der Waals surface area contributed by atoms with E-state index in [1.807, 2.05) is 19.2 Å². The van der Waals surface area contributed by atoms with E-state index in [1.54, 1.807) is 11.0 Å². The summed E-state index contributed by atoms with van der Waals surface area (Å²) in [5, 5.41) is 8.02. The summed E-state index contributed by atoms with van der Waals surface area (Å²) in [5.74, 6) is 0.441. The summed E-state index contributed by atoms with van der Waals surface area (Å²) in [7, 11) is 0. The number of anilines is 1. The van der Waals surface area contributed by atoms with E-state index in [0.29, 0.717) is 12.4 Å². The topological polar surface area (TPSA) is 69.6 Å². The van der Waals surface area contributed by atoms with E-state index < -0.39 is 0 Å². The monoisotopic (exact) mass is 189 g/mol. The van der Waals surface area contributed by atoms with E-state index in [1.165, 1.54) is 6.20 Å². The maximum atomic E-state index is 5.46. The molecule has 0 radical (unpaired) electrons. The fraction of sp³-hybridized carbons (Fsp3) is 0.222. The SMILES string of the molecule is Cc1cnccc1Cn1ncc(N)n1. The zero-order chi connectivity index (χ0) is 9.97. The second kappa shape index (κ2) is 3.45. The lowest BCUT2D eigenvalue weighted by atomic mass is 10.2. The number of nitrogen functional groups attached to an aromatic ring is 1. The molecule has 72 valence electrons. The van der Waals surface area contributed by atoms with Gasteiger partial charge in [0, 0.05) is 12.4 Å². The van der Waals surface area contributed by atoms with E-state index in [-0.39, 0.29) is 0 Å². The first kappa shape index (κ1) is 8.68. The van der Waals surface area contributed by atoms with Crippen molar-refractivity contribution in [1.82, 2.24) is 20.0 Å². The predicted octanol–water partition coefficient (Wildman–Crippen LogP) is 0.612. The van der Waals surface area contributed by atoms with Crippen molar-refractivity contribution >= 4 is 5.82 Å². The van der Waals surface area contributed by atoms with Crippen molar-refractivity contribution in [3.8, 4) is 0 Å². The predicted molar refractivity (Wildman–Crippen MR) is 52.5 cm³/mol. The first-order valence-electron chi connectivity index (χ1n) is 4.31. The second-order valence-corrected chi connectivity index (χ2v) is 3.10. The van der Waals surface area contributed by atoms with Gasteiger partial charge in [-0.2, -0.15) is 9.90 Å². The van der Waals surface area contributed by atoms with Crippen molar-refractivity contribution in [1.29, 1.82) is 0 Å². The van der Waals surface area contributed by atoms with Crippen LogP contribution < -0.4 is 5.73 Å². The van der Waals surface area contributed by atoms with E-state index in [2.05, 4.69) is 15.2 Å². The van der Waals surface area contributed by atoms with Crippen LogP contribution in [0.5, 0.6) is 0 Å². The molecule has 5 nitrogen and oxygen atoms in total. The average molecular weight is 189 g/mol. The summed E-state index contributed by atoms with van der Waals surface area (Å²) in [6.45, 7) is 2.64. The van der Waals surface area contributed by atoms with Crippen molar-refractivity contribution in [2.75, 3.05) is 5.73 Å². The second-order valence-electron chi connectivity index (χ2n) is 3.10. The van der Waals surface area contributed by atoms with Crippen molar-refractivity contribution in [2.24, 2.45) is 0 Å². The third-order valence-corrected chi connectivity index (χ3v) is 2.00. The Labute approximate surface area is 81.6 Å². The van der Waals surface area contributed by atoms with Crippen molar-refractivity contribution in [3.63, 3.8) is 0 Å². The minimum Gasteiger partial charge on any atom is -0.381 e. The molecule has 2 heterocycles. The van der Waals surface area contributed by atoms with Crippen LogP contribution >= 0.6 is 0 Å². The molecule has 2 N–H and O–H groups in total. The van der Waals surface area contributed by atoms with Crippen LogP contribution in [0.3, 0.4) is 0 Å². The molecule has 0 aliphatic rings. The number of nitrogens with two attached hydrogens (primary N) is 1. The molecule has 5 heteroatoms. The molecule has 0 saturated heterocycles. The first-order valence-corrected chi connectivity index (χ1v) is 4.31. The van der Waals surface area contributed by atoms with Gasteiger partial charge in [-0.05, 0) is 24.1 Å². The van der Waals surface area contributed by atoms with Gasteiger partial charge in [0.05, 0.1) is 12.7 Å². The van der Waals surface area contributed by atoms with Crippen LogP contribution in [0.1, 0.15) is 11.1 Å².